The van der Waals surface area contributed by atoms with Crippen LogP contribution in [0.2, 0.25) is 0 Å². The fourth-order valence-corrected chi connectivity index (χ4v) is 3.89. The lowest BCUT2D eigenvalue weighted by molar-refractivity contribution is -0.142. The van der Waals surface area contributed by atoms with Crippen molar-refractivity contribution < 1.29 is 28.6 Å². The minimum absolute atomic E-state index is 0.203. The molecule has 0 aliphatic carbocycles. The Hall–Kier alpha value is -3.91. The first-order valence-electron chi connectivity index (χ1n) is 10.1. The molecule has 3 aromatic rings. The van der Waals surface area contributed by atoms with Gasteiger partial charge in [0.05, 0.1) is 13.7 Å². The Morgan fingerprint density at radius 1 is 1.00 bits per heavy atom. The molecule has 2 aromatic carbocycles. The number of hydrogen-bond acceptors (Lipinski definition) is 7. The van der Waals surface area contributed by atoms with Gasteiger partial charge in [0.1, 0.15) is 16.3 Å². The number of ether oxygens (including phenoxy) is 3. The molecule has 0 aliphatic rings. The monoisotopic (exact) mass is 465 g/mol. The molecular formula is C25H23NO6S. The lowest BCUT2D eigenvalue weighted by Crippen LogP contribution is -2.21. The highest BCUT2D eigenvalue weighted by atomic mass is 32.1. The van der Waals surface area contributed by atoms with E-state index in [0.29, 0.717) is 16.3 Å². The van der Waals surface area contributed by atoms with Gasteiger partial charge in [0, 0.05) is 17.0 Å². The van der Waals surface area contributed by atoms with Crippen LogP contribution < -0.4 is 10.1 Å². The third-order valence-corrected chi connectivity index (χ3v) is 5.38. The Morgan fingerprint density at radius 2 is 1.73 bits per heavy atom. The summed E-state index contributed by atoms with van der Waals surface area (Å²) in [6.45, 7) is 1.42. The second-order valence-electron chi connectivity index (χ2n) is 6.70. The van der Waals surface area contributed by atoms with Gasteiger partial charge < -0.3 is 19.5 Å². The van der Waals surface area contributed by atoms with Crippen LogP contribution in [-0.4, -0.2) is 38.2 Å². The molecule has 0 aliphatic heterocycles. The first-order valence-corrected chi connectivity index (χ1v) is 11.0. The zero-order valence-corrected chi connectivity index (χ0v) is 19.0. The zero-order chi connectivity index (χ0) is 23.6. The van der Waals surface area contributed by atoms with Crippen LogP contribution in [0.15, 0.2) is 66.1 Å². The summed E-state index contributed by atoms with van der Waals surface area (Å²) in [5.41, 5.74) is 2.54. The van der Waals surface area contributed by atoms with Crippen LogP contribution in [0.3, 0.4) is 0 Å². The predicted molar refractivity (Wildman–Crippen MR) is 127 cm³/mol. The summed E-state index contributed by atoms with van der Waals surface area (Å²) in [5, 5.41) is 4.76. The molecule has 0 fully saturated rings. The van der Waals surface area contributed by atoms with Gasteiger partial charge in [0.25, 0.3) is 5.91 Å². The molecule has 3 rings (SSSR count). The number of thiophene rings is 1. The molecule has 33 heavy (non-hydrogen) atoms. The summed E-state index contributed by atoms with van der Waals surface area (Å²) in [4.78, 5) is 36.9. The fraction of sp³-hybridized carbons (Fsp3) is 0.160. The van der Waals surface area contributed by atoms with E-state index >= 15 is 0 Å². The van der Waals surface area contributed by atoms with Crippen LogP contribution in [0, 0.1) is 0 Å². The average molecular weight is 466 g/mol. The molecule has 0 saturated heterocycles. The molecule has 170 valence electrons. The van der Waals surface area contributed by atoms with Crippen LogP contribution >= 0.6 is 11.3 Å². The quantitative estimate of drug-likeness (QED) is 0.361. The molecule has 0 saturated carbocycles. The van der Waals surface area contributed by atoms with Crippen molar-refractivity contribution in [3.63, 3.8) is 0 Å². The minimum atomic E-state index is -0.664. The number of benzene rings is 2. The van der Waals surface area contributed by atoms with E-state index < -0.39 is 24.5 Å². The van der Waals surface area contributed by atoms with E-state index in [1.54, 1.807) is 49.8 Å². The maximum atomic E-state index is 12.6. The molecule has 1 heterocycles. The first-order chi connectivity index (χ1) is 16.0. The molecule has 0 unspecified atom stereocenters. The maximum Gasteiger partial charge on any atom is 0.341 e. The number of nitrogens with one attached hydrogen (secondary N) is 1. The number of carbonyl (C=O) groups excluding carboxylic acids is 3. The van der Waals surface area contributed by atoms with Crippen LogP contribution in [-0.2, 0) is 19.1 Å². The number of methoxy groups -OCH3 is 1. The van der Waals surface area contributed by atoms with Crippen molar-refractivity contribution in [1.29, 1.82) is 0 Å². The van der Waals surface area contributed by atoms with E-state index in [9.17, 15) is 14.4 Å². The number of esters is 2. The van der Waals surface area contributed by atoms with E-state index in [1.807, 2.05) is 30.3 Å². The fourth-order valence-electron chi connectivity index (χ4n) is 2.91. The number of amides is 1. The van der Waals surface area contributed by atoms with Crippen molar-refractivity contribution >= 4 is 40.3 Å². The Labute approximate surface area is 195 Å². The topological polar surface area (TPSA) is 90.9 Å². The first kappa shape index (κ1) is 23.7. The van der Waals surface area contributed by atoms with Crippen LogP contribution in [0.25, 0.3) is 17.2 Å². The summed E-state index contributed by atoms with van der Waals surface area (Å²) >= 11 is 1.20. The third kappa shape index (κ3) is 6.54. The highest BCUT2D eigenvalue weighted by molar-refractivity contribution is 7.15. The van der Waals surface area contributed by atoms with Crippen molar-refractivity contribution in [3.05, 3.63) is 77.2 Å². The molecule has 0 bridgehead atoms. The SMILES string of the molecule is CCOC(=O)c1c(-c2ccccc2)csc1NC(=O)COC(=O)C=Cc1ccc(OC)cc1. The molecule has 1 N–H and O–H groups in total. The smallest absolute Gasteiger partial charge is 0.341 e. The lowest BCUT2D eigenvalue weighted by Gasteiger charge is -2.09. The van der Waals surface area contributed by atoms with Crippen molar-refractivity contribution in [2.45, 2.75) is 6.92 Å². The summed E-state index contributed by atoms with van der Waals surface area (Å²) in [6.07, 6.45) is 2.81. The maximum absolute atomic E-state index is 12.6. The van der Waals surface area contributed by atoms with Gasteiger partial charge >= 0.3 is 11.9 Å². The van der Waals surface area contributed by atoms with E-state index in [-0.39, 0.29) is 12.2 Å². The van der Waals surface area contributed by atoms with Gasteiger partial charge in [-0.1, -0.05) is 42.5 Å². The Balaban J connectivity index is 1.63. The minimum Gasteiger partial charge on any atom is -0.497 e. The van der Waals surface area contributed by atoms with Gasteiger partial charge in [0.2, 0.25) is 0 Å². The second kappa shape index (κ2) is 11.6. The molecule has 0 spiro atoms. The third-order valence-electron chi connectivity index (χ3n) is 4.48. The van der Waals surface area contributed by atoms with Gasteiger partial charge in [-0.3, -0.25) is 4.79 Å². The van der Waals surface area contributed by atoms with Gasteiger partial charge in [0.15, 0.2) is 6.61 Å². The van der Waals surface area contributed by atoms with E-state index in [2.05, 4.69) is 5.32 Å². The van der Waals surface area contributed by atoms with Crippen LogP contribution in [0.1, 0.15) is 22.8 Å². The van der Waals surface area contributed by atoms with E-state index in [1.165, 1.54) is 17.4 Å². The van der Waals surface area contributed by atoms with Gasteiger partial charge in [-0.05, 0) is 36.3 Å². The summed E-state index contributed by atoms with van der Waals surface area (Å²) in [5.74, 6) is -1.05. The van der Waals surface area contributed by atoms with E-state index in [4.69, 9.17) is 14.2 Å². The highest BCUT2D eigenvalue weighted by Crippen LogP contribution is 2.36. The van der Waals surface area contributed by atoms with E-state index in [0.717, 1.165) is 11.1 Å². The summed E-state index contributed by atoms with van der Waals surface area (Å²) in [7, 11) is 1.57. The number of hydrogen-bond donors (Lipinski definition) is 1. The molecular weight excluding hydrogens is 442 g/mol. The van der Waals surface area contributed by atoms with Gasteiger partial charge in [-0.2, -0.15) is 0 Å². The number of rotatable bonds is 9. The number of anilines is 1. The molecule has 1 amide bonds. The molecule has 8 heteroatoms. The molecule has 1 aromatic heterocycles. The van der Waals surface area contributed by atoms with Crippen LogP contribution in [0.5, 0.6) is 5.75 Å². The van der Waals surface area contributed by atoms with Crippen molar-refractivity contribution in [2.75, 3.05) is 25.6 Å². The zero-order valence-electron chi connectivity index (χ0n) is 18.2. The lowest BCUT2D eigenvalue weighted by atomic mass is 10.0. The van der Waals surface area contributed by atoms with Gasteiger partial charge in [-0.25, -0.2) is 9.59 Å². The Bertz CT molecular complexity index is 1140. The largest absolute Gasteiger partial charge is 0.497 e. The predicted octanol–water partition coefficient (Wildman–Crippen LogP) is 4.80. The summed E-state index contributed by atoms with van der Waals surface area (Å²) in [6, 6.07) is 16.4. The Morgan fingerprint density at radius 3 is 2.39 bits per heavy atom. The standard InChI is InChI=1S/C25H23NO6S/c1-3-31-25(29)23-20(18-7-5-4-6-8-18)16-33-24(23)26-21(27)15-32-22(28)14-11-17-9-12-19(30-2)13-10-17/h4-14,16H,3,15H2,1-2H3,(H,26,27). The molecule has 7 nitrogen and oxygen atoms in total. The van der Waals surface area contributed by atoms with Crippen LogP contribution in [0.4, 0.5) is 5.00 Å². The van der Waals surface area contributed by atoms with Crippen molar-refractivity contribution in [3.8, 4) is 16.9 Å². The summed E-state index contributed by atoms with van der Waals surface area (Å²) < 4.78 is 15.3. The number of carbonyl (C=O) groups is 3. The Kier molecular flexibility index (Phi) is 8.37. The average Bonchev–Trinajstić information content (AvgIpc) is 3.26. The van der Waals surface area contributed by atoms with Gasteiger partial charge in [-0.15, -0.1) is 11.3 Å². The molecule has 0 radical (unpaired) electrons. The van der Waals surface area contributed by atoms with Crippen molar-refractivity contribution in [1.82, 2.24) is 0 Å². The normalized spacial score (nSPS) is 10.6. The molecule has 0 atom stereocenters. The highest BCUT2D eigenvalue weighted by Gasteiger charge is 2.23. The van der Waals surface area contributed by atoms with Crippen molar-refractivity contribution in [2.24, 2.45) is 0 Å². The second-order valence-corrected chi connectivity index (χ2v) is 7.58.